The maximum Gasteiger partial charge on any atom is 0.266 e. The van der Waals surface area contributed by atoms with Gasteiger partial charge in [0.15, 0.2) is 11.6 Å². The predicted molar refractivity (Wildman–Crippen MR) is 112 cm³/mol. The topological polar surface area (TPSA) is 70.6 Å². The first-order valence-corrected chi connectivity index (χ1v) is 10.9. The normalized spacial score (nSPS) is 15.8. The van der Waals surface area contributed by atoms with Crippen LogP contribution in [0.4, 0.5) is 18.9 Å². The molecule has 0 amide bonds. The van der Waals surface area contributed by atoms with Crippen LogP contribution < -0.4 is 10.0 Å². The fourth-order valence-corrected chi connectivity index (χ4v) is 4.59. The zero-order valence-corrected chi connectivity index (χ0v) is 17.4. The van der Waals surface area contributed by atoms with E-state index in [1.807, 2.05) is 0 Å². The van der Waals surface area contributed by atoms with Gasteiger partial charge in [-0.05, 0) is 35.4 Å². The fraction of sp³-hybridized carbons (Fsp3) is 0.0952. The molecule has 160 valence electrons. The van der Waals surface area contributed by atoms with E-state index in [1.165, 1.54) is 18.2 Å². The van der Waals surface area contributed by atoms with Crippen LogP contribution in [0, 0.1) is 17.5 Å². The molecule has 0 saturated carbocycles. The van der Waals surface area contributed by atoms with Crippen LogP contribution in [0.2, 0.25) is 5.02 Å². The molecule has 4 rings (SSSR count). The van der Waals surface area contributed by atoms with Gasteiger partial charge in [0.25, 0.3) is 10.0 Å². The van der Waals surface area contributed by atoms with E-state index < -0.39 is 32.4 Å². The summed E-state index contributed by atoms with van der Waals surface area (Å²) >= 11 is 6.14. The Morgan fingerprint density at radius 2 is 1.77 bits per heavy atom. The van der Waals surface area contributed by atoms with Gasteiger partial charge in [-0.1, -0.05) is 41.9 Å². The molecule has 2 N–H and O–H groups in total. The molecule has 10 heteroatoms. The Morgan fingerprint density at radius 3 is 2.52 bits per heavy atom. The Kier molecular flexibility index (Phi) is 5.63. The van der Waals surface area contributed by atoms with Gasteiger partial charge >= 0.3 is 0 Å². The minimum absolute atomic E-state index is 0.0402. The molecule has 1 aliphatic rings. The highest BCUT2D eigenvalue weighted by Crippen LogP contribution is 2.34. The molecular formula is C21H15ClF3N3O2S. The van der Waals surface area contributed by atoms with E-state index in [4.69, 9.17) is 11.6 Å². The smallest absolute Gasteiger partial charge is 0.266 e. The van der Waals surface area contributed by atoms with E-state index in [0.29, 0.717) is 22.2 Å². The lowest BCUT2D eigenvalue weighted by Gasteiger charge is -2.25. The largest absolute Gasteiger partial charge is 0.324 e. The molecule has 0 aromatic heterocycles. The fourth-order valence-electron chi connectivity index (χ4n) is 3.20. The van der Waals surface area contributed by atoms with E-state index in [9.17, 15) is 21.6 Å². The summed E-state index contributed by atoms with van der Waals surface area (Å²) in [5, 5.41) is 3.06. The minimum atomic E-state index is -4.22. The molecule has 0 bridgehead atoms. The molecule has 31 heavy (non-hydrogen) atoms. The molecule has 0 atom stereocenters. The Labute approximate surface area is 181 Å². The number of halogens is 4. The lowest BCUT2D eigenvalue weighted by molar-refractivity contribution is 0.497. The molecule has 0 fully saturated rings. The molecule has 0 saturated heterocycles. The highest BCUT2D eigenvalue weighted by atomic mass is 35.5. The number of fused-ring (bicyclic) bond motifs is 1. The Hall–Kier alpha value is -3.04. The van der Waals surface area contributed by atoms with Gasteiger partial charge in [0.2, 0.25) is 5.96 Å². The van der Waals surface area contributed by atoms with Crippen molar-refractivity contribution in [3.05, 3.63) is 93.8 Å². The van der Waals surface area contributed by atoms with Crippen molar-refractivity contribution >= 4 is 33.3 Å². The van der Waals surface area contributed by atoms with Crippen LogP contribution in [-0.4, -0.2) is 14.4 Å². The molecule has 3 aromatic rings. The number of hydrogen-bond acceptors (Lipinski definition) is 3. The van der Waals surface area contributed by atoms with Crippen molar-refractivity contribution in [2.45, 2.75) is 17.9 Å². The average molecular weight is 466 g/mol. The first-order valence-electron chi connectivity index (χ1n) is 9.07. The lowest BCUT2D eigenvalue weighted by Crippen LogP contribution is -2.41. The molecule has 0 unspecified atom stereocenters. The summed E-state index contributed by atoms with van der Waals surface area (Å²) in [5.74, 6) is -3.14. The van der Waals surface area contributed by atoms with Gasteiger partial charge in [0.05, 0.1) is 12.2 Å². The third-order valence-corrected chi connectivity index (χ3v) is 6.41. The van der Waals surface area contributed by atoms with Gasteiger partial charge in [-0.3, -0.25) is 0 Å². The average Bonchev–Trinajstić information content (AvgIpc) is 2.72. The molecular weight excluding hydrogens is 451 g/mol. The molecule has 5 nitrogen and oxygen atoms in total. The van der Waals surface area contributed by atoms with Gasteiger partial charge in [0.1, 0.15) is 10.7 Å². The predicted octanol–water partition coefficient (Wildman–Crippen LogP) is 4.61. The molecule has 1 heterocycles. The Bertz CT molecular complexity index is 1310. The van der Waals surface area contributed by atoms with E-state index in [0.717, 1.165) is 0 Å². The Balaban J connectivity index is 1.77. The van der Waals surface area contributed by atoms with Gasteiger partial charge in [0, 0.05) is 17.0 Å². The van der Waals surface area contributed by atoms with E-state index >= 15 is 0 Å². The number of nitrogens with one attached hydrogen (secondary N) is 2. The second kappa shape index (κ2) is 8.24. The van der Waals surface area contributed by atoms with Crippen LogP contribution in [0.25, 0.3) is 0 Å². The van der Waals surface area contributed by atoms with Crippen LogP contribution in [0.15, 0.2) is 64.5 Å². The number of anilines is 1. The van der Waals surface area contributed by atoms with Crippen LogP contribution in [0.3, 0.4) is 0 Å². The van der Waals surface area contributed by atoms with Crippen molar-refractivity contribution in [2.75, 3.05) is 5.32 Å². The van der Waals surface area contributed by atoms with E-state index in [-0.39, 0.29) is 30.2 Å². The minimum Gasteiger partial charge on any atom is -0.324 e. The summed E-state index contributed by atoms with van der Waals surface area (Å²) in [6.45, 7) is -0.0402. The zero-order chi connectivity index (χ0) is 22.2. The van der Waals surface area contributed by atoms with Crippen molar-refractivity contribution < 1.29 is 21.6 Å². The Morgan fingerprint density at radius 1 is 1.00 bits per heavy atom. The van der Waals surface area contributed by atoms with Crippen LogP contribution in [0.1, 0.15) is 16.7 Å². The first-order chi connectivity index (χ1) is 14.7. The second-order valence-electron chi connectivity index (χ2n) is 6.82. The number of sulfonamides is 1. The zero-order valence-electron chi connectivity index (χ0n) is 15.8. The van der Waals surface area contributed by atoms with Crippen LogP contribution in [-0.2, 0) is 23.0 Å². The highest BCUT2D eigenvalue weighted by molar-refractivity contribution is 7.90. The van der Waals surface area contributed by atoms with Crippen molar-refractivity contribution in [1.82, 2.24) is 4.72 Å². The number of benzene rings is 3. The number of rotatable bonds is 4. The number of guanidine groups is 1. The van der Waals surface area contributed by atoms with Gasteiger partial charge in [-0.25, -0.2) is 31.3 Å². The molecule has 1 aliphatic heterocycles. The SMILES string of the molecule is O=S1(=O)NC(=NCc2cccc(F)c2)Nc2c1cc(F)c(F)c2Cc1ccccc1Cl. The number of hydrogen-bond donors (Lipinski definition) is 2. The van der Waals surface area contributed by atoms with Crippen molar-refractivity contribution in [3.8, 4) is 0 Å². The van der Waals surface area contributed by atoms with Gasteiger partial charge < -0.3 is 5.32 Å². The third kappa shape index (κ3) is 4.38. The number of nitrogens with zero attached hydrogens (tertiary/aromatic N) is 1. The summed E-state index contributed by atoms with van der Waals surface area (Å²) in [7, 11) is -4.22. The molecule has 0 radical (unpaired) electrons. The van der Waals surface area contributed by atoms with E-state index in [2.05, 4.69) is 15.0 Å². The summed E-state index contributed by atoms with van der Waals surface area (Å²) in [6, 6.07) is 12.9. The first kappa shape index (κ1) is 21.2. The molecule has 3 aromatic carbocycles. The van der Waals surface area contributed by atoms with Crippen molar-refractivity contribution in [3.63, 3.8) is 0 Å². The summed E-state index contributed by atoms with van der Waals surface area (Å²) in [6.07, 6.45) is -0.148. The van der Waals surface area contributed by atoms with Crippen molar-refractivity contribution in [2.24, 2.45) is 4.99 Å². The quantitative estimate of drug-likeness (QED) is 0.591. The maximum absolute atomic E-state index is 14.7. The standard InChI is InChI=1S/C21H15ClF3N3O2S/c22-16-7-2-1-5-13(16)9-15-19(25)17(24)10-18-20(15)27-21(28-31(18,29)30)26-11-12-4-3-6-14(23)8-12/h1-8,10H,9,11H2,(H2,26,27,28). The maximum atomic E-state index is 14.7. The summed E-state index contributed by atoms with van der Waals surface area (Å²) in [4.78, 5) is 3.67. The van der Waals surface area contributed by atoms with E-state index in [1.54, 1.807) is 30.3 Å². The summed E-state index contributed by atoms with van der Waals surface area (Å²) < 4.78 is 69.9. The second-order valence-corrected chi connectivity index (χ2v) is 8.88. The van der Waals surface area contributed by atoms with Crippen molar-refractivity contribution in [1.29, 1.82) is 0 Å². The van der Waals surface area contributed by atoms with Gasteiger partial charge in [-0.15, -0.1) is 0 Å². The lowest BCUT2D eigenvalue weighted by atomic mass is 10.0. The van der Waals surface area contributed by atoms with Crippen LogP contribution in [0.5, 0.6) is 0 Å². The van der Waals surface area contributed by atoms with Gasteiger partial charge in [-0.2, -0.15) is 0 Å². The number of aliphatic imine (C=N–C) groups is 1. The summed E-state index contributed by atoms with van der Waals surface area (Å²) in [5.41, 5.74) is 0.662. The third-order valence-electron chi connectivity index (χ3n) is 4.68. The monoisotopic (exact) mass is 465 g/mol. The highest BCUT2D eigenvalue weighted by Gasteiger charge is 2.32. The molecule has 0 spiro atoms. The van der Waals surface area contributed by atoms with Crippen LogP contribution >= 0.6 is 11.6 Å². The molecule has 0 aliphatic carbocycles.